The maximum atomic E-state index is 12.3. The molecule has 1 saturated heterocycles. The Balaban J connectivity index is 1.65. The molecule has 0 N–H and O–H groups in total. The van der Waals surface area contributed by atoms with Crippen LogP contribution >= 0.6 is 0 Å². The highest BCUT2D eigenvalue weighted by molar-refractivity contribution is 5.41. The first kappa shape index (κ1) is 18.1. The molecular weight excluding hydrogens is 314 g/mol. The van der Waals surface area contributed by atoms with Crippen LogP contribution in [0.5, 0.6) is 0 Å². The summed E-state index contributed by atoms with van der Waals surface area (Å²) in [7, 11) is 0. The number of morpholine rings is 1. The Morgan fingerprint density at radius 3 is 3.00 bits per heavy atom. The summed E-state index contributed by atoms with van der Waals surface area (Å²) in [4.78, 5) is 19.3. The summed E-state index contributed by atoms with van der Waals surface area (Å²) in [5.74, 6) is 0.748. The van der Waals surface area contributed by atoms with E-state index in [0.717, 1.165) is 48.9 Å². The Hall–Kier alpha value is -1.72. The second-order valence-electron chi connectivity index (χ2n) is 7.57. The smallest absolute Gasteiger partial charge is 0.258 e. The number of aromatic nitrogens is 2. The second-order valence-corrected chi connectivity index (χ2v) is 7.57. The molecule has 0 radical (unpaired) electrons. The number of rotatable bonds is 6. The molecule has 0 aromatic carbocycles. The van der Waals surface area contributed by atoms with Gasteiger partial charge in [0.05, 0.1) is 18.4 Å². The summed E-state index contributed by atoms with van der Waals surface area (Å²) >= 11 is 0. The van der Waals surface area contributed by atoms with Gasteiger partial charge in [0.2, 0.25) is 0 Å². The lowest BCUT2D eigenvalue weighted by Gasteiger charge is -2.32. The van der Waals surface area contributed by atoms with Gasteiger partial charge >= 0.3 is 0 Å². The SMILES string of the molecule is Cc1ccn2c(=O)cc(CN3CCO[C@@H](CCCC(C)C)C3)nc2c1. The normalized spacial score (nSPS) is 19.0. The zero-order valence-electron chi connectivity index (χ0n) is 15.6. The van der Waals surface area contributed by atoms with Crippen molar-refractivity contribution >= 4 is 5.65 Å². The average Bonchev–Trinajstić information content (AvgIpc) is 2.54. The molecule has 1 aliphatic rings. The summed E-state index contributed by atoms with van der Waals surface area (Å²) in [5, 5.41) is 0. The minimum absolute atomic E-state index is 0.0123. The van der Waals surface area contributed by atoms with Crippen molar-refractivity contribution < 1.29 is 4.74 Å². The number of ether oxygens (including phenoxy) is 1. The van der Waals surface area contributed by atoms with E-state index in [2.05, 4.69) is 23.7 Å². The van der Waals surface area contributed by atoms with Gasteiger partial charge in [-0.1, -0.05) is 26.7 Å². The minimum atomic E-state index is -0.0123. The van der Waals surface area contributed by atoms with E-state index in [4.69, 9.17) is 4.74 Å². The van der Waals surface area contributed by atoms with Gasteiger partial charge in [0.25, 0.3) is 5.56 Å². The number of hydrogen-bond donors (Lipinski definition) is 0. The first-order valence-corrected chi connectivity index (χ1v) is 9.34. The molecule has 0 aliphatic carbocycles. The summed E-state index contributed by atoms with van der Waals surface area (Å²) < 4.78 is 7.51. The van der Waals surface area contributed by atoms with Gasteiger partial charge in [-0.2, -0.15) is 0 Å². The molecule has 0 saturated carbocycles. The Labute approximate surface area is 149 Å². The van der Waals surface area contributed by atoms with Crippen LogP contribution in [0.15, 0.2) is 29.2 Å². The Morgan fingerprint density at radius 2 is 2.20 bits per heavy atom. The van der Waals surface area contributed by atoms with E-state index in [0.29, 0.717) is 12.6 Å². The van der Waals surface area contributed by atoms with Crippen LogP contribution in [0.4, 0.5) is 0 Å². The average molecular weight is 343 g/mol. The van der Waals surface area contributed by atoms with Crippen molar-refractivity contribution in [3.63, 3.8) is 0 Å². The summed E-state index contributed by atoms with van der Waals surface area (Å²) in [6.07, 6.45) is 5.68. The summed E-state index contributed by atoms with van der Waals surface area (Å²) in [6, 6.07) is 5.55. The fraction of sp³-hybridized carbons (Fsp3) is 0.600. The molecule has 0 bridgehead atoms. The van der Waals surface area contributed by atoms with Crippen LogP contribution in [0, 0.1) is 12.8 Å². The quantitative estimate of drug-likeness (QED) is 0.809. The van der Waals surface area contributed by atoms with Crippen LogP contribution in [0.3, 0.4) is 0 Å². The first-order chi connectivity index (χ1) is 12.0. The third kappa shape index (κ3) is 4.89. The largest absolute Gasteiger partial charge is 0.376 e. The molecule has 0 unspecified atom stereocenters. The van der Waals surface area contributed by atoms with E-state index in [9.17, 15) is 4.79 Å². The zero-order chi connectivity index (χ0) is 17.8. The number of hydrogen-bond acceptors (Lipinski definition) is 4. The lowest BCUT2D eigenvalue weighted by molar-refractivity contribution is -0.0363. The van der Waals surface area contributed by atoms with Gasteiger partial charge in [-0.25, -0.2) is 4.98 Å². The molecule has 3 heterocycles. The van der Waals surface area contributed by atoms with Crippen molar-refractivity contribution in [2.24, 2.45) is 5.92 Å². The van der Waals surface area contributed by atoms with Crippen molar-refractivity contribution in [2.75, 3.05) is 19.7 Å². The predicted molar refractivity (Wildman–Crippen MR) is 99.9 cm³/mol. The van der Waals surface area contributed by atoms with Gasteiger partial charge in [0.15, 0.2) is 0 Å². The molecule has 1 fully saturated rings. The van der Waals surface area contributed by atoms with Gasteiger partial charge in [-0.15, -0.1) is 0 Å². The molecule has 5 nitrogen and oxygen atoms in total. The van der Waals surface area contributed by atoms with E-state index in [1.807, 2.05) is 19.1 Å². The van der Waals surface area contributed by atoms with Crippen molar-refractivity contribution in [3.05, 3.63) is 46.0 Å². The highest BCUT2D eigenvalue weighted by Gasteiger charge is 2.21. The maximum absolute atomic E-state index is 12.3. The minimum Gasteiger partial charge on any atom is -0.376 e. The van der Waals surface area contributed by atoms with E-state index >= 15 is 0 Å². The molecule has 2 aromatic heterocycles. The molecule has 136 valence electrons. The van der Waals surface area contributed by atoms with E-state index < -0.39 is 0 Å². The van der Waals surface area contributed by atoms with Gasteiger partial charge in [-0.3, -0.25) is 14.1 Å². The Kier molecular flexibility index (Phi) is 5.86. The standard InChI is InChI=1S/C20H29N3O2/c1-15(2)5-4-6-18-14-22(9-10-25-18)13-17-12-20(24)23-8-7-16(3)11-19(23)21-17/h7-8,11-12,15,18H,4-6,9-10,13-14H2,1-3H3/t18-/m0/s1. The van der Waals surface area contributed by atoms with Crippen molar-refractivity contribution in [1.29, 1.82) is 0 Å². The molecule has 25 heavy (non-hydrogen) atoms. The highest BCUT2D eigenvalue weighted by atomic mass is 16.5. The van der Waals surface area contributed by atoms with Crippen molar-refractivity contribution in [3.8, 4) is 0 Å². The molecule has 0 spiro atoms. The number of aryl methyl sites for hydroxylation is 1. The van der Waals surface area contributed by atoms with Crippen LogP contribution in [0.1, 0.15) is 44.4 Å². The third-order valence-corrected chi connectivity index (χ3v) is 4.79. The second kappa shape index (κ2) is 8.11. The molecule has 0 amide bonds. The number of nitrogens with zero attached hydrogens (tertiary/aromatic N) is 3. The molecule has 2 aromatic rings. The van der Waals surface area contributed by atoms with Gasteiger partial charge in [-0.05, 0) is 37.0 Å². The molecule has 1 atom stereocenters. The topological polar surface area (TPSA) is 46.8 Å². The van der Waals surface area contributed by atoms with Crippen LogP contribution < -0.4 is 5.56 Å². The van der Waals surface area contributed by atoms with Crippen molar-refractivity contribution in [2.45, 2.75) is 52.7 Å². The molecule has 3 rings (SSSR count). The van der Waals surface area contributed by atoms with Crippen molar-refractivity contribution in [1.82, 2.24) is 14.3 Å². The zero-order valence-corrected chi connectivity index (χ0v) is 15.6. The third-order valence-electron chi connectivity index (χ3n) is 4.79. The summed E-state index contributed by atoms with van der Waals surface area (Å²) in [6.45, 7) is 9.84. The highest BCUT2D eigenvalue weighted by Crippen LogP contribution is 2.16. The Bertz CT molecular complexity index is 769. The molecule has 5 heteroatoms. The van der Waals surface area contributed by atoms with Crippen LogP contribution in [-0.4, -0.2) is 40.1 Å². The first-order valence-electron chi connectivity index (χ1n) is 9.34. The van der Waals surface area contributed by atoms with E-state index in [1.165, 1.54) is 12.8 Å². The fourth-order valence-corrected chi connectivity index (χ4v) is 3.42. The van der Waals surface area contributed by atoms with Crippen LogP contribution in [0.2, 0.25) is 0 Å². The molecular formula is C20H29N3O2. The van der Waals surface area contributed by atoms with E-state index in [1.54, 1.807) is 16.7 Å². The maximum Gasteiger partial charge on any atom is 0.258 e. The lowest BCUT2D eigenvalue weighted by atomic mass is 10.0. The van der Waals surface area contributed by atoms with Gasteiger partial charge in [0.1, 0.15) is 5.65 Å². The van der Waals surface area contributed by atoms with Gasteiger partial charge in [0, 0.05) is 31.9 Å². The Morgan fingerprint density at radius 1 is 1.36 bits per heavy atom. The molecule has 1 aliphatic heterocycles. The van der Waals surface area contributed by atoms with Crippen LogP contribution in [-0.2, 0) is 11.3 Å². The summed E-state index contributed by atoms with van der Waals surface area (Å²) in [5.41, 5.74) is 2.67. The number of fused-ring (bicyclic) bond motifs is 1. The fourth-order valence-electron chi connectivity index (χ4n) is 3.42. The van der Waals surface area contributed by atoms with Crippen LogP contribution in [0.25, 0.3) is 5.65 Å². The predicted octanol–water partition coefficient (Wildman–Crippen LogP) is 3.03. The van der Waals surface area contributed by atoms with Gasteiger partial charge < -0.3 is 4.74 Å². The number of pyridine rings is 1. The van der Waals surface area contributed by atoms with E-state index in [-0.39, 0.29) is 5.56 Å². The lowest BCUT2D eigenvalue weighted by Crippen LogP contribution is -2.42. The monoisotopic (exact) mass is 343 g/mol.